The average molecular weight is 308 g/mol. The monoisotopic (exact) mass is 308 g/mol. The second kappa shape index (κ2) is 6.04. The minimum absolute atomic E-state index is 0.0991. The largest absolute Gasteiger partial charge is 0.389 e. The Balaban J connectivity index is 2.12. The molecule has 8 heteroatoms. The molecule has 0 fully saturated rings. The summed E-state index contributed by atoms with van der Waals surface area (Å²) in [4.78, 5) is 8.07. The van der Waals surface area contributed by atoms with E-state index in [1.54, 1.807) is 24.4 Å². The fraction of sp³-hybridized carbons (Fsp3) is 0.0833. The van der Waals surface area contributed by atoms with Gasteiger partial charge in [0.05, 0.1) is 17.1 Å². The Morgan fingerprint density at radius 3 is 2.50 bits per heavy atom. The molecule has 0 atom stereocenters. The molecule has 0 aliphatic rings. The number of nitrogens with two attached hydrogens (primary N) is 1. The molecule has 1 aromatic carbocycles. The molecular weight excluding hydrogens is 296 g/mol. The van der Waals surface area contributed by atoms with Gasteiger partial charge in [0, 0.05) is 11.8 Å². The van der Waals surface area contributed by atoms with Gasteiger partial charge in [0.2, 0.25) is 10.0 Å². The van der Waals surface area contributed by atoms with Crippen LogP contribution in [0.1, 0.15) is 11.3 Å². The Morgan fingerprint density at radius 2 is 1.95 bits per heavy atom. The van der Waals surface area contributed by atoms with Gasteiger partial charge in [-0.25, -0.2) is 23.1 Å². The van der Waals surface area contributed by atoms with Crippen LogP contribution in [0.2, 0.25) is 0 Å². The number of rotatable bonds is 5. The second-order valence-electron chi connectivity index (χ2n) is 3.91. The fourth-order valence-electron chi connectivity index (χ4n) is 1.47. The Kier molecular flexibility index (Phi) is 4.38. The highest BCUT2D eigenvalue weighted by atomic mass is 32.2. The molecule has 2 aromatic rings. The molecule has 20 heavy (non-hydrogen) atoms. The zero-order chi connectivity index (χ0) is 14.6. The van der Waals surface area contributed by atoms with Crippen LogP contribution >= 0.6 is 12.2 Å². The van der Waals surface area contributed by atoms with Crippen molar-refractivity contribution < 1.29 is 8.42 Å². The first-order valence-corrected chi connectivity index (χ1v) is 7.52. The minimum Gasteiger partial charge on any atom is -0.389 e. The topological polar surface area (TPSA) is 98.0 Å². The summed E-state index contributed by atoms with van der Waals surface area (Å²) in [7, 11) is -3.60. The number of benzene rings is 1. The molecule has 1 heterocycles. The van der Waals surface area contributed by atoms with E-state index in [1.807, 2.05) is 0 Å². The zero-order valence-corrected chi connectivity index (χ0v) is 12.0. The average Bonchev–Trinajstić information content (AvgIpc) is 2.46. The zero-order valence-electron chi connectivity index (χ0n) is 10.4. The highest BCUT2D eigenvalue weighted by Gasteiger charge is 2.13. The smallest absolute Gasteiger partial charge is 0.240 e. The van der Waals surface area contributed by atoms with E-state index in [-0.39, 0.29) is 16.4 Å². The van der Waals surface area contributed by atoms with E-state index in [9.17, 15) is 8.42 Å². The van der Waals surface area contributed by atoms with Crippen molar-refractivity contribution in [3.8, 4) is 0 Å². The van der Waals surface area contributed by atoms with Crippen LogP contribution in [0, 0.1) is 0 Å². The molecular formula is C12H12N4O2S2. The highest BCUT2D eigenvalue weighted by molar-refractivity contribution is 7.89. The maximum absolute atomic E-state index is 12.1. The molecule has 0 saturated heterocycles. The van der Waals surface area contributed by atoms with Crippen molar-refractivity contribution in [1.29, 1.82) is 0 Å². The SMILES string of the molecule is NC(=S)c1ccc(S(=O)(=O)NCc2ccncn2)cc1. The second-order valence-corrected chi connectivity index (χ2v) is 6.12. The summed E-state index contributed by atoms with van der Waals surface area (Å²) in [5, 5.41) is 0. The number of sulfonamides is 1. The molecule has 0 aliphatic heterocycles. The minimum atomic E-state index is -3.60. The van der Waals surface area contributed by atoms with E-state index < -0.39 is 10.0 Å². The van der Waals surface area contributed by atoms with Crippen molar-refractivity contribution in [2.75, 3.05) is 0 Å². The summed E-state index contributed by atoms with van der Waals surface area (Å²) in [5.74, 6) is 0. The summed E-state index contributed by atoms with van der Waals surface area (Å²) in [6, 6.07) is 7.69. The number of thiocarbonyl (C=S) groups is 1. The number of hydrogen-bond donors (Lipinski definition) is 2. The van der Waals surface area contributed by atoms with Crippen LogP contribution in [-0.4, -0.2) is 23.4 Å². The van der Waals surface area contributed by atoms with Crippen LogP contribution in [0.3, 0.4) is 0 Å². The van der Waals surface area contributed by atoms with Crippen LogP contribution in [0.5, 0.6) is 0 Å². The van der Waals surface area contributed by atoms with Gasteiger partial charge in [-0.15, -0.1) is 0 Å². The fourth-order valence-corrected chi connectivity index (χ4v) is 2.61. The molecule has 0 unspecified atom stereocenters. The quantitative estimate of drug-likeness (QED) is 0.785. The summed E-state index contributed by atoms with van der Waals surface area (Å²) >= 11 is 4.81. The molecule has 2 rings (SSSR count). The van der Waals surface area contributed by atoms with Crippen molar-refractivity contribution in [1.82, 2.24) is 14.7 Å². The number of aromatic nitrogens is 2. The standard InChI is InChI=1S/C12H12N4O2S2/c13-12(19)9-1-3-11(4-2-9)20(17,18)16-7-10-5-6-14-8-15-10/h1-6,8,16H,7H2,(H2,13,19). The third kappa shape index (κ3) is 3.56. The maximum Gasteiger partial charge on any atom is 0.240 e. The van der Waals surface area contributed by atoms with Gasteiger partial charge >= 0.3 is 0 Å². The summed E-state index contributed by atoms with van der Waals surface area (Å²) in [5.41, 5.74) is 6.67. The Morgan fingerprint density at radius 1 is 1.25 bits per heavy atom. The van der Waals surface area contributed by atoms with Crippen LogP contribution in [-0.2, 0) is 16.6 Å². The molecule has 0 aliphatic carbocycles. The van der Waals surface area contributed by atoms with Gasteiger partial charge in [0.25, 0.3) is 0 Å². The van der Waals surface area contributed by atoms with Crippen LogP contribution in [0.25, 0.3) is 0 Å². The lowest BCUT2D eigenvalue weighted by atomic mass is 10.2. The van der Waals surface area contributed by atoms with Gasteiger partial charge < -0.3 is 5.73 Å². The molecule has 1 aromatic heterocycles. The number of hydrogen-bond acceptors (Lipinski definition) is 5. The van der Waals surface area contributed by atoms with E-state index >= 15 is 0 Å². The molecule has 0 bridgehead atoms. The van der Waals surface area contributed by atoms with E-state index in [1.165, 1.54) is 18.5 Å². The van der Waals surface area contributed by atoms with E-state index in [2.05, 4.69) is 14.7 Å². The first-order chi connectivity index (χ1) is 9.49. The van der Waals surface area contributed by atoms with Crippen molar-refractivity contribution in [2.24, 2.45) is 5.73 Å². The van der Waals surface area contributed by atoms with Gasteiger partial charge in [-0.1, -0.05) is 24.4 Å². The summed E-state index contributed by atoms with van der Waals surface area (Å²) < 4.78 is 26.6. The Bertz CT molecular complexity index is 700. The molecule has 6 nitrogen and oxygen atoms in total. The van der Waals surface area contributed by atoms with E-state index in [4.69, 9.17) is 18.0 Å². The Hall–Kier alpha value is -1.90. The van der Waals surface area contributed by atoms with Crippen LogP contribution < -0.4 is 10.5 Å². The van der Waals surface area contributed by atoms with Gasteiger partial charge in [0.15, 0.2) is 0 Å². The summed E-state index contributed by atoms with van der Waals surface area (Å²) in [6.45, 7) is 0.0991. The highest BCUT2D eigenvalue weighted by Crippen LogP contribution is 2.11. The molecule has 0 spiro atoms. The third-order valence-corrected chi connectivity index (χ3v) is 4.19. The normalized spacial score (nSPS) is 11.2. The molecule has 0 radical (unpaired) electrons. The van der Waals surface area contributed by atoms with Crippen LogP contribution in [0.4, 0.5) is 0 Å². The Labute approximate surface area is 122 Å². The maximum atomic E-state index is 12.1. The van der Waals surface area contributed by atoms with E-state index in [0.29, 0.717) is 11.3 Å². The van der Waals surface area contributed by atoms with Crippen LogP contribution in [0.15, 0.2) is 47.8 Å². The lowest BCUT2D eigenvalue weighted by Crippen LogP contribution is -2.23. The summed E-state index contributed by atoms with van der Waals surface area (Å²) in [6.07, 6.45) is 2.91. The lowest BCUT2D eigenvalue weighted by molar-refractivity contribution is 0.580. The molecule has 104 valence electrons. The number of nitrogens with one attached hydrogen (secondary N) is 1. The van der Waals surface area contributed by atoms with E-state index in [0.717, 1.165) is 0 Å². The number of nitrogens with zero attached hydrogens (tertiary/aromatic N) is 2. The molecule has 0 saturated carbocycles. The van der Waals surface area contributed by atoms with Crippen molar-refractivity contribution >= 4 is 27.2 Å². The van der Waals surface area contributed by atoms with Gasteiger partial charge in [-0.2, -0.15) is 0 Å². The van der Waals surface area contributed by atoms with Gasteiger partial charge in [0.1, 0.15) is 11.3 Å². The van der Waals surface area contributed by atoms with Crippen molar-refractivity contribution in [3.05, 3.63) is 54.1 Å². The first-order valence-electron chi connectivity index (χ1n) is 5.63. The lowest BCUT2D eigenvalue weighted by Gasteiger charge is -2.07. The van der Waals surface area contributed by atoms with Crippen molar-refractivity contribution in [2.45, 2.75) is 11.4 Å². The van der Waals surface area contributed by atoms with Gasteiger partial charge in [-0.05, 0) is 18.2 Å². The molecule has 3 N–H and O–H groups in total. The predicted molar refractivity (Wildman–Crippen MR) is 78.4 cm³/mol. The van der Waals surface area contributed by atoms with Crippen molar-refractivity contribution in [3.63, 3.8) is 0 Å². The first kappa shape index (κ1) is 14.5. The third-order valence-electron chi connectivity index (χ3n) is 2.54. The van der Waals surface area contributed by atoms with Gasteiger partial charge in [-0.3, -0.25) is 0 Å². The predicted octanol–water partition coefficient (Wildman–Crippen LogP) is 0.589. The molecule has 0 amide bonds.